The molecule has 9 heteroatoms. The lowest BCUT2D eigenvalue weighted by Crippen LogP contribution is -2.13. The topological polar surface area (TPSA) is 92.3 Å². The van der Waals surface area contributed by atoms with Crippen LogP contribution in [0.2, 0.25) is 0 Å². The van der Waals surface area contributed by atoms with E-state index in [1.54, 1.807) is 0 Å². The Balaban J connectivity index is 2.18. The lowest BCUT2D eigenvalue weighted by atomic mass is 10.3. The van der Waals surface area contributed by atoms with E-state index in [1.807, 2.05) is 0 Å². The standard InChI is InChI=1S/C13H13FN2O4S2/c1-21(17,18)15-11-4-6-12(7-5-11)16-22(19,20)13-8-2-10(14)3-9-13/h2-9,15-16H,1H3. The molecule has 0 radical (unpaired) electrons. The molecular formula is C13H13FN2O4S2. The van der Waals surface area contributed by atoms with Crippen LogP contribution in [0.1, 0.15) is 0 Å². The molecule has 0 atom stereocenters. The second-order valence-electron chi connectivity index (χ2n) is 4.51. The fourth-order valence-corrected chi connectivity index (χ4v) is 3.27. The molecule has 22 heavy (non-hydrogen) atoms. The predicted molar refractivity (Wildman–Crippen MR) is 82.1 cm³/mol. The summed E-state index contributed by atoms with van der Waals surface area (Å²) in [5.74, 6) is -0.532. The number of benzene rings is 2. The van der Waals surface area contributed by atoms with Gasteiger partial charge in [0.15, 0.2) is 0 Å². The van der Waals surface area contributed by atoms with Gasteiger partial charge in [-0.2, -0.15) is 0 Å². The number of sulfonamides is 2. The van der Waals surface area contributed by atoms with Crippen molar-refractivity contribution in [2.45, 2.75) is 4.90 Å². The van der Waals surface area contributed by atoms with Gasteiger partial charge in [0, 0.05) is 11.4 Å². The van der Waals surface area contributed by atoms with E-state index in [-0.39, 0.29) is 10.6 Å². The van der Waals surface area contributed by atoms with Crippen LogP contribution in [-0.2, 0) is 20.0 Å². The van der Waals surface area contributed by atoms with Gasteiger partial charge in [-0.1, -0.05) is 0 Å². The van der Waals surface area contributed by atoms with Crippen LogP contribution in [0.4, 0.5) is 15.8 Å². The molecule has 0 saturated heterocycles. The monoisotopic (exact) mass is 344 g/mol. The van der Waals surface area contributed by atoms with Crippen LogP contribution in [0.25, 0.3) is 0 Å². The van der Waals surface area contributed by atoms with E-state index >= 15 is 0 Å². The van der Waals surface area contributed by atoms with Crippen molar-refractivity contribution in [3.05, 3.63) is 54.3 Å². The summed E-state index contributed by atoms with van der Waals surface area (Å²) in [5, 5.41) is 0. The molecular weight excluding hydrogens is 331 g/mol. The minimum atomic E-state index is -3.83. The molecule has 0 aromatic heterocycles. The molecule has 0 amide bonds. The number of hydrogen-bond acceptors (Lipinski definition) is 4. The van der Waals surface area contributed by atoms with Crippen molar-refractivity contribution in [3.8, 4) is 0 Å². The summed E-state index contributed by atoms with van der Waals surface area (Å²) in [4.78, 5) is -0.0766. The highest BCUT2D eigenvalue weighted by molar-refractivity contribution is 7.92. The van der Waals surface area contributed by atoms with Crippen molar-refractivity contribution >= 4 is 31.4 Å². The van der Waals surface area contributed by atoms with Crippen LogP contribution in [0, 0.1) is 5.82 Å². The van der Waals surface area contributed by atoms with E-state index in [0.717, 1.165) is 30.5 Å². The Kier molecular flexibility index (Phi) is 4.38. The van der Waals surface area contributed by atoms with Crippen molar-refractivity contribution in [3.63, 3.8) is 0 Å². The van der Waals surface area contributed by atoms with Crippen molar-refractivity contribution in [2.75, 3.05) is 15.7 Å². The number of nitrogens with one attached hydrogen (secondary N) is 2. The highest BCUT2D eigenvalue weighted by Gasteiger charge is 2.14. The summed E-state index contributed by atoms with van der Waals surface area (Å²) in [6.45, 7) is 0. The van der Waals surface area contributed by atoms with Gasteiger partial charge in [-0.15, -0.1) is 0 Å². The Morgan fingerprint density at radius 2 is 1.23 bits per heavy atom. The van der Waals surface area contributed by atoms with Gasteiger partial charge in [0.25, 0.3) is 10.0 Å². The summed E-state index contributed by atoms with van der Waals surface area (Å²) in [6.07, 6.45) is 1.01. The van der Waals surface area contributed by atoms with Crippen molar-refractivity contribution in [2.24, 2.45) is 0 Å². The van der Waals surface area contributed by atoms with E-state index in [1.165, 1.54) is 24.3 Å². The SMILES string of the molecule is CS(=O)(=O)Nc1ccc(NS(=O)(=O)c2ccc(F)cc2)cc1. The summed E-state index contributed by atoms with van der Waals surface area (Å²) in [6, 6.07) is 10.1. The van der Waals surface area contributed by atoms with E-state index in [4.69, 9.17) is 0 Å². The molecule has 0 bridgehead atoms. The second-order valence-corrected chi connectivity index (χ2v) is 7.94. The van der Waals surface area contributed by atoms with Crippen LogP contribution in [0.15, 0.2) is 53.4 Å². The number of hydrogen-bond donors (Lipinski definition) is 2. The molecule has 0 aliphatic rings. The number of anilines is 2. The molecule has 0 aliphatic heterocycles. The summed E-state index contributed by atoms with van der Waals surface area (Å²) < 4.78 is 63.7. The third-order valence-electron chi connectivity index (χ3n) is 2.56. The zero-order valence-corrected chi connectivity index (χ0v) is 13.1. The lowest BCUT2D eigenvalue weighted by molar-refractivity contribution is 0.599. The first-order valence-corrected chi connectivity index (χ1v) is 9.39. The Labute approximate surface area is 128 Å². The smallest absolute Gasteiger partial charge is 0.261 e. The highest BCUT2D eigenvalue weighted by Crippen LogP contribution is 2.19. The van der Waals surface area contributed by atoms with E-state index in [0.29, 0.717) is 5.69 Å². The maximum Gasteiger partial charge on any atom is 0.261 e. The maximum atomic E-state index is 12.8. The van der Waals surface area contributed by atoms with E-state index in [2.05, 4.69) is 9.44 Å². The van der Waals surface area contributed by atoms with Crippen LogP contribution >= 0.6 is 0 Å². The molecule has 118 valence electrons. The number of rotatable bonds is 5. The fraction of sp³-hybridized carbons (Fsp3) is 0.0769. The van der Waals surface area contributed by atoms with Crippen molar-refractivity contribution < 1.29 is 21.2 Å². The van der Waals surface area contributed by atoms with Gasteiger partial charge in [-0.05, 0) is 48.5 Å². The summed E-state index contributed by atoms with van der Waals surface area (Å²) in [7, 11) is -7.23. The first-order chi connectivity index (χ1) is 10.2. The zero-order chi connectivity index (χ0) is 16.4. The Morgan fingerprint density at radius 1 is 0.773 bits per heavy atom. The second kappa shape index (κ2) is 5.93. The molecule has 0 unspecified atom stereocenters. The molecule has 2 N–H and O–H groups in total. The molecule has 0 spiro atoms. The van der Waals surface area contributed by atoms with Gasteiger partial charge >= 0.3 is 0 Å². The first-order valence-electron chi connectivity index (χ1n) is 6.02. The minimum Gasteiger partial charge on any atom is -0.284 e. The molecule has 2 aromatic carbocycles. The predicted octanol–water partition coefficient (Wildman–Crippen LogP) is 2.00. The van der Waals surface area contributed by atoms with Crippen LogP contribution in [0.3, 0.4) is 0 Å². The Hall–Kier alpha value is -2.13. The molecule has 0 saturated carbocycles. The third kappa shape index (κ3) is 4.43. The first kappa shape index (κ1) is 16.2. The van der Waals surface area contributed by atoms with Crippen LogP contribution in [-0.4, -0.2) is 23.1 Å². The minimum absolute atomic E-state index is 0.0766. The number of halogens is 1. The summed E-state index contributed by atoms with van der Waals surface area (Å²) >= 11 is 0. The zero-order valence-electron chi connectivity index (χ0n) is 11.4. The molecule has 2 aromatic rings. The molecule has 0 fully saturated rings. The quantitative estimate of drug-likeness (QED) is 0.868. The summed E-state index contributed by atoms with van der Waals surface area (Å²) in [5.41, 5.74) is 0.565. The van der Waals surface area contributed by atoms with Crippen LogP contribution < -0.4 is 9.44 Å². The van der Waals surface area contributed by atoms with Gasteiger partial charge in [-0.3, -0.25) is 9.44 Å². The van der Waals surface area contributed by atoms with Gasteiger partial charge in [0.1, 0.15) is 5.82 Å². The fourth-order valence-electron chi connectivity index (χ4n) is 1.65. The van der Waals surface area contributed by atoms with E-state index < -0.39 is 25.9 Å². The Morgan fingerprint density at radius 3 is 1.68 bits per heavy atom. The molecule has 6 nitrogen and oxygen atoms in total. The van der Waals surface area contributed by atoms with Gasteiger partial charge in [-0.25, -0.2) is 21.2 Å². The highest BCUT2D eigenvalue weighted by atomic mass is 32.2. The van der Waals surface area contributed by atoms with E-state index in [9.17, 15) is 21.2 Å². The van der Waals surface area contributed by atoms with Crippen molar-refractivity contribution in [1.82, 2.24) is 0 Å². The average molecular weight is 344 g/mol. The Bertz CT molecular complexity index is 861. The van der Waals surface area contributed by atoms with Gasteiger partial charge < -0.3 is 0 Å². The normalized spacial score (nSPS) is 11.9. The molecule has 0 heterocycles. The molecule has 0 aliphatic carbocycles. The average Bonchev–Trinajstić information content (AvgIpc) is 2.39. The van der Waals surface area contributed by atoms with Gasteiger partial charge in [0.2, 0.25) is 10.0 Å². The molecule has 2 rings (SSSR count). The van der Waals surface area contributed by atoms with Crippen molar-refractivity contribution in [1.29, 1.82) is 0 Å². The van der Waals surface area contributed by atoms with Gasteiger partial charge in [0.05, 0.1) is 11.2 Å². The lowest BCUT2D eigenvalue weighted by Gasteiger charge is -2.09. The third-order valence-corrected chi connectivity index (χ3v) is 4.57. The largest absolute Gasteiger partial charge is 0.284 e. The maximum absolute atomic E-state index is 12.8. The van der Waals surface area contributed by atoms with Crippen LogP contribution in [0.5, 0.6) is 0 Å².